The van der Waals surface area contributed by atoms with Crippen molar-refractivity contribution in [3.05, 3.63) is 28.3 Å². The van der Waals surface area contributed by atoms with E-state index in [1.54, 1.807) is 0 Å². The van der Waals surface area contributed by atoms with Crippen LogP contribution in [0, 0.1) is 22.5 Å². The zero-order chi connectivity index (χ0) is 14.3. The third kappa shape index (κ3) is 4.20. The van der Waals surface area contributed by atoms with Gasteiger partial charge in [-0.15, -0.1) is 6.42 Å². The fraction of sp³-hybridized carbons (Fsp3) is 0.250. The third-order valence-corrected chi connectivity index (χ3v) is 2.22. The molecule has 1 aromatic rings. The number of ether oxygens (including phenoxy) is 1. The molecule has 0 unspecified atom stereocenters. The number of amides is 1. The summed E-state index contributed by atoms with van der Waals surface area (Å²) in [5.74, 6) is 2.14. The van der Waals surface area contributed by atoms with Gasteiger partial charge in [0.2, 0.25) is 5.91 Å². The lowest BCUT2D eigenvalue weighted by atomic mass is 10.2. The molecule has 0 bridgehead atoms. The number of carbonyl (C=O) groups excluding carboxylic acids is 1. The van der Waals surface area contributed by atoms with Crippen molar-refractivity contribution in [1.29, 1.82) is 0 Å². The summed E-state index contributed by atoms with van der Waals surface area (Å²) in [7, 11) is 1.34. The minimum Gasteiger partial charge on any atom is -0.490 e. The number of nitrogens with one attached hydrogen (secondary N) is 2. The Balaban J connectivity index is 2.68. The van der Waals surface area contributed by atoms with Crippen LogP contribution in [0.2, 0.25) is 0 Å². The molecular formula is C12H13N3O4. The predicted molar refractivity (Wildman–Crippen MR) is 70.0 cm³/mol. The van der Waals surface area contributed by atoms with Crippen LogP contribution in [0.1, 0.15) is 0 Å². The van der Waals surface area contributed by atoms with E-state index in [1.165, 1.54) is 25.3 Å². The van der Waals surface area contributed by atoms with Crippen LogP contribution in [0.3, 0.4) is 0 Å². The molecule has 1 rings (SSSR count). The smallest absolute Gasteiger partial charge is 0.311 e. The van der Waals surface area contributed by atoms with Gasteiger partial charge < -0.3 is 15.4 Å². The van der Waals surface area contributed by atoms with Gasteiger partial charge in [-0.1, -0.05) is 5.92 Å². The standard InChI is InChI=1S/C12H13N3O4/c1-3-6-13-12(16)8-14-9-4-5-10(15(17)18)11(7-9)19-2/h1,4-5,7,14H,6,8H2,2H3,(H,13,16). The summed E-state index contributed by atoms with van der Waals surface area (Å²) in [6, 6.07) is 4.25. The summed E-state index contributed by atoms with van der Waals surface area (Å²) in [5.41, 5.74) is 0.406. The molecular weight excluding hydrogens is 250 g/mol. The number of anilines is 1. The van der Waals surface area contributed by atoms with Crippen molar-refractivity contribution in [2.75, 3.05) is 25.5 Å². The second-order valence-electron chi connectivity index (χ2n) is 3.48. The van der Waals surface area contributed by atoms with Crippen molar-refractivity contribution >= 4 is 17.3 Å². The normalized spacial score (nSPS) is 9.26. The molecule has 0 fully saturated rings. The van der Waals surface area contributed by atoms with Crippen molar-refractivity contribution in [3.8, 4) is 18.1 Å². The molecule has 0 heterocycles. The number of rotatable bonds is 6. The Hall–Kier alpha value is -2.75. The lowest BCUT2D eigenvalue weighted by Gasteiger charge is -2.08. The number of methoxy groups -OCH3 is 1. The van der Waals surface area contributed by atoms with Gasteiger partial charge in [0.05, 0.1) is 25.1 Å². The third-order valence-electron chi connectivity index (χ3n) is 2.22. The van der Waals surface area contributed by atoms with Crippen molar-refractivity contribution in [1.82, 2.24) is 5.32 Å². The molecule has 2 N–H and O–H groups in total. The van der Waals surface area contributed by atoms with E-state index < -0.39 is 4.92 Å². The van der Waals surface area contributed by atoms with Crippen LogP contribution in [0.4, 0.5) is 11.4 Å². The van der Waals surface area contributed by atoms with Crippen molar-refractivity contribution < 1.29 is 14.5 Å². The van der Waals surface area contributed by atoms with Gasteiger partial charge >= 0.3 is 5.69 Å². The summed E-state index contributed by atoms with van der Waals surface area (Å²) in [6.45, 7) is 0.173. The lowest BCUT2D eigenvalue weighted by molar-refractivity contribution is -0.385. The fourth-order valence-electron chi connectivity index (χ4n) is 1.33. The number of hydrogen-bond acceptors (Lipinski definition) is 5. The second-order valence-corrected chi connectivity index (χ2v) is 3.48. The van der Waals surface area contributed by atoms with E-state index in [-0.39, 0.29) is 30.4 Å². The molecule has 19 heavy (non-hydrogen) atoms. The second kappa shape index (κ2) is 6.86. The largest absolute Gasteiger partial charge is 0.490 e. The van der Waals surface area contributed by atoms with Crippen LogP contribution in [-0.2, 0) is 4.79 Å². The Bertz CT molecular complexity index is 522. The molecule has 1 aromatic carbocycles. The van der Waals surface area contributed by atoms with Gasteiger partial charge in [-0.3, -0.25) is 14.9 Å². The number of nitro groups is 1. The summed E-state index contributed by atoms with van der Waals surface area (Å²) < 4.78 is 4.91. The number of terminal acetylenes is 1. The molecule has 0 radical (unpaired) electrons. The van der Waals surface area contributed by atoms with Crippen molar-refractivity contribution in [2.24, 2.45) is 0 Å². The minimum absolute atomic E-state index is 0.0165. The zero-order valence-electron chi connectivity index (χ0n) is 10.3. The van der Waals surface area contributed by atoms with Crippen LogP contribution < -0.4 is 15.4 Å². The van der Waals surface area contributed by atoms with Crippen LogP contribution in [0.25, 0.3) is 0 Å². The van der Waals surface area contributed by atoms with E-state index in [1.807, 2.05) is 0 Å². The number of benzene rings is 1. The lowest BCUT2D eigenvalue weighted by Crippen LogP contribution is -2.29. The highest BCUT2D eigenvalue weighted by Gasteiger charge is 2.14. The van der Waals surface area contributed by atoms with E-state index in [0.29, 0.717) is 5.69 Å². The molecule has 0 saturated carbocycles. The summed E-state index contributed by atoms with van der Waals surface area (Å²) in [6.07, 6.45) is 5.00. The van der Waals surface area contributed by atoms with Gasteiger partial charge in [0.25, 0.3) is 0 Å². The minimum atomic E-state index is -0.539. The molecule has 100 valence electrons. The monoisotopic (exact) mass is 263 g/mol. The Labute approximate surface area is 110 Å². The molecule has 0 aromatic heterocycles. The Morgan fingerprint density at radius 2 is 2.32 bits per heavy atom. The van der Waals surface area contributed by atoms with Gasteiger partial charge in [-0.25, -0.2) is 0 Å². The number of hydrogen-bond donors (Lipinski definition) is 2. The number of carbonyl (C=O) groups is 1. The van der Waals surface area contributed by atoms with E-state index in [9.17, 15) is 14.9 Å². The molecule has 0 aliphatic rings. The molecule has 0 aliphatic carbocycles. The van der Waals surface area contributed by atoms with Gasteiger partial charge in [0, 0.05) is 17.8 Å². The van der Waals surface area contributed by atoms with Crippen LogP contribution in [-0.4, -0.2) is 31.0 Å². The SMILES string of the molecule is C#CCNC(=O)CNc1ccc([N+](=O)[O-])c(OC)c1. The van der Waals surface area contributed by atoms with Crippen molar-refractivity contribution in [2.45, 2.75) is 0 Å². The molecule has 0 spiro atoms. The maximum atomic E-state index is 11.3. The topological polar surface area (TPSA) is 93.5 Å². The van der Waals surface area contributed by atoms with Gasteiger partial charge in [0.1, 0.15) is 0 Å². The van der Waals surface area contributed by atoms with Crippen molar-refractivity contribution in [3.63, 3.8) is 0 Å². The summed E-state index contributed by atoms with van der Waals surface area (Å²) >= 11 is 0. The average molecular weight is 263 g/mol. The quantitative estimate of drug-likeness (QED) is 0.449. The molecule has 7 heteroatoms. The highest BCUT2D eigenvalue weighted by molar-refractivity contribution is 5.81. The van der Waals surface area contributed by atoms with E-state index in [4.69, 9.17) is 11.2 Å². The molecule has 0 saturated heterocycles. The van der Waals surface area contributed by atoms with E-state index in [2.05, 4.69) is 16.6 Å². The first-order valence-electron chi connectivity index (χ1n) is 5.35. The Morgan fingerprint density at radius 3 is 2.89 bits per heavy atom. The molecule has 1 amide bonds. The van der Waals surface area contributed by atoms with Crippen LogP contribution in [0.15, 0.2) is 18.2 Å². The maximum Gasteiger partial charge on any atom is 0.311 e. The summed E-state index contributed by atoms with van der Waals surface area (Å²) in [4.78, 5) is 21.5. The molecule has 0 atom stereocenters. The number of nitrogens with zero attached hydrogens (tertiary/aromatic N) is 1. The highest BCUT2D eigenvalue weighted by atomic mass is 16.6. The maximum absolute atomic E-state index is 11.3. The first-order valence-corrected chi connectivity index (χ1v) is 5.35. The zero-order valence-corrected chi connectivity index (χ0v) is 10.3. The first-order chi connectivity index (χ1) is 9.08. The van der Waals surface area contributed by atoms with E-state index >= 15 is 0 Å². The van der Waals surface area contributed by atoms with Gasteiger partial charge in [-0.2, -0.15) is 0 Å². The predicted octanol–water partition coefficient (Wildman–Crippen LogP) is 0.765. The fourth-order valence-corrected chi connectivity index (χ4v) is 1.33. The van der Waals surface area contributed by atoms with Gasteiger partial charge in [0.15, 0.2) is 5.75 Å². The average Bonchev–Trinajstić information content (AvgIpc) is 2.42. The van der Waals surface area contributed by atoms with Gasteiger partial charge in [-0.05, 0) is 6.07 Å². The highest BCUT2D eigenvalue weighted by Crippen LogP contribution is 2.29. The molecule has 0 aliphatic heterocycles. The summed E-state index contributed by atoms with van der Waals surface area (Å²) in [5, 5.41) is 16.0. The van der Waals surface area contributed by atoms with Crippen LogP contribution in [0.5, 0.6) is 5.75 Å². The van der Waals surface area contributed by atoms with E-state index in [0.717, 1.165) is 0 Å². The Kier molecular flexibility index (Phi) is 5.17. The van der Waals surface area contributed by atoms with Crippen LogP contribution >= 0.6 is 0 Å². The number of nitro benzene ring substituents is 1. The molecule has 7 nitrogen and oxygen atoms in total. The Morgan fingerprint density at radius 1 is 1.58 bits per heavy atom. The first kappa shape index (κ1) is 14.3.